The van der Waals surface area contributed by atoms with E-state index in [1.165, 1.54) is 0 Å². The SMILES string of the molecule is C=CC(=O)OCOCCOCOC(=O)C=C. The van der Waals surface area contributed by atoms with Crippen molar-refractivity contribution in [3.8, 4) is 0 Å². The molecule has 0 rings (SSSR count). The second-order valence-corrected chi connectivity index (χ2v) is 2.39. The summed E-state index contributed by atoms with van der Waals surface area (Å²) in [7, 11) is 0. The van der Waals surface area contributed by atoms with Gasteiger partial charge >= 0.3 is 11.9 Å². The molecule has 0 atom stereocenters. The highest BCUT2D eigenvalue weighted by Gasteiger charge is 1.96. The van der Waals surface area contributed by atoms with Crippen LogP contribution in [0.5, 0.6) is 0 Å². The summed E-state index contributed by atoms with van der Waals surface area (Å²) < 4.78 is 18.8. The minimum absolute atomic E-state index is 0.166. The third kappa shape index (κ3) is 8.92. The number of hydrogen-bond acceptors (Lipinski definition) is 6. The molecule has 0 saturated heterocycles. The Kier molecular flexibility index (Phi) is 8.85. The lowest BCUT2D eigenvalue weighted by atomic mass is 10.7. The Balaban J connectivity index is 3.15. The van der Waals surface area contributed by atoms with Gasteiger partial charge in [0.2, 0.25) is 0 Å². The van der Waals surface area contributed by atoms with Gasteiger partial charge in [-0.1, -0.05) is 13.2 Å². The molecule has 6 nitrogen and oxygen atoms in total. The van der Waals surface area contributed by atoms with Crippen molar-refractivity contribution in [1.29, 1.82) is 0 Å². The van der Waals surface area contributed by atoms with Gasteiger partial charge in [-0.15, -0.1) is 0 Å². The first-order valence-electron chi connectivity index (χ1n) is 4.44. The van der Waals surface area contributed by atoms with E-state index in [0.29, 0.717) is 0 Å². The molecule has 0 fully saturated rings. The van der Waals surface area contributed by atoms with Gasteiger partial charge in [0, 0.05) is 12.2 Å². The number of esters is 2. The highest BCUT2D eigenvalue weighted by molar-refractivity contribution is 5.81. The quantitative estimate of drug-likeness (QED) is 0.247. The van der Waals surface area contributed by atoms with Gasteiger partial charge in [0.25, 0.3) is 0 Å². The summed E-state index contributed by atoms with van der Waals surface area (Å²) in [6.45, 7) is 6.53. The monoisotopic (exact) mass is 230 g/mol. The second kappa shape index (κ2) is 9.88. The van der Waals surface area contributed by atoms with Gasteiger partial charge < -0.3 is 18.9 Å². The first-order chi connectivity index (χ1) is 7.70. The maximum absolute atomic E-state index is 10.5. The molecule has 90 valence electrons. The molecule has 0 aromatic heterocycles. The predicted octanol–water partition coefficient (Wildman–Crippen LogP) is 0.393. The summed E-state index contributed by atoms with van der Waals surface area (Å²) in [5, 5.41) is 0. The van der Waals surface area contributed by atoms with Crippen LogP contribution in [0.25, 0.3) is 0 Å². The molecule has 0 aliphatic rings. The molecule has 0 bridgehead atoms. The average molecular weight is 230 g/mol. The van der Waals surface area contributed by atoms with Crippen LogP contribution in [0.15, 0.2) is 25.3 Å². The summed E-state index contributed by atoms with van der Waals surface area (Å²) in [6, 6.07) is 0. The van der Waals surface area contributed by atoms with Gasteiger partial charge in [0.1, 0.15) is 0 Å². The predicted molar refractivity (Wildman–Crippen MR) is 54.2 cm³/mol. The van der Waals surface area contributed by atoms with Crippen molar-refractivity contribution in [3.05, 3.63) is 25.3 Å². The summed E-state index contributed by atoms with van der Waals surface area (Å²) in [5.41, 5.74) is 0. The molecule has 6 heteroatoms. The highest BCUT2D eigenvalue weighted by atomic mass is 16.7. The Morgan fingerprint density at radius 1 is 0.875 bits per heavy atom. The maximum atomic E-state index is 10.5. The number of ether oxygens (including phenoxy) is 4. The second-order valence-electron chi connectivity index (χ2n) is 2.39. The molecule has 0 aliphatic heterocycles. The van der Waals surface area contributed by atoms with Crippen molar-refractivity contribution < 1.29 is 28.5 Å². The van der Waals surface area contributed by atoms with E-state index in [-0.39, 0.29) is 26.8 Å². The van der Waals surface area contributed by atoms with Crippen molar-refractivity contribution in [2.45, 2.75) is 0 Å². The highest BCUT2D eigenvalue weighted by Crippen LogP contribution is 1.85. The van der Waals surface area contributed by atoms with Crippen molar-refractivity contribution >= 4 is 11.9 Å². The van der Waals surface area contributed by atoms with Gasteiger partial charge in [-0.3, -0.25) is 0 Å². The van der Waals surface area contributed by atoms with E-state index in [1.807, 2.05) is 0 Å². The number of carbonyl (C=O) groups is 2. The van der Waals surface area contributed by atoms with Gasteiger partial charge in [-0.2, -0.15) is 0 Å². The fourth-order valence-electron chi connectivity index (χ4n) is 0.553. The third-order valence-corrected chi connectivity index (χ3v) is 1.27. The number of rotatable bonds is 9. The molecule has 0 unspecified atom stereocenters. The van der Waals surface area contributed by atoms with E-state index < -0.39 is 11.9 Å². The smallest absolute Gasteiger partial charge is 0.332 e. The molecule has 0 aliphatic carbocycles. The molecule has 0 N–H and O–H groups in total. The Morgan fingerprint density at radius 2 is 1.25 bits per heavy atom. The van der Waals surface area contributed by atoms with Crippen molar-refractivity contribution in [2.75, 3.05) is 26.8 Å². The van der Waals surface area contributed by atoms with Crippen LogP contribution in [0.2, 0.25) is 0 Å². The zero-order valence-corrected chi connectivity index (χ0v) is 8.85. The molecule has 0 aromatic rings. The van der Waals surface area contributed by atoms with Crippen LogP contribution in [0.3, 0.4) is 0 Å². The minimum Gasteiger partial charge on any atom is -0.435 e. The van der Waals surface area contributed by atoms with E-state index >= 15 is 0 Å². The van der Waals surface area contributed by atoms with E-state index in [4.69, 9.17) is 9.47 Å². The lowest BCUT2D eigenvalue weighted by molar-refractivity contribution is -0.158. The molecule has 0 spiro atoms. The van der Waals surface area contributed by atoms with E-state index in [1.54, 1.807) is 0 Å². The van der Waals surface area contributed by atoms with Crippen molar-refractivity contribution in [3.63, 3.8) is 0 Å². The fraction of sp³-hybridized carbons (Fsp3) is 0.400. The van der Waals surface area contributed by atoms with Crippen LogP contribution in [0.1, 0.15) is 0 Å². The number of carbonyl (C=O) groups excluding carboxylic acids is 2. The molecule has 0 saturated carbocycles. The Bertz CT molecular complexity index is 222. The van der Waals surface area contributed by atoms with Crippen LogP contribution < -0.4 is 0 Å². The zero-order chi connectivity index (χ0) is 12.2. The normalized spacial score (nSPS) is 9.25. The summed E-state index contributed by atoms with van der Waals surface area (Å²) in [6.07, 6.45) is 2.07. The molecule has 0 aromatic carbocycles. The number of hydrogen-bond donors (Lipinski definition) is 0. The molecule has 0 heterocycles. The van der Waals surface area contributed by atoms with Crippen LogP contribution in [-0.4, -0.2) is 38.7 Å². The summed E-state index contributed by atoms with van der Waals surface area (Å²) in [4.78, 5) is 21.1. The van der Waals surface area contributed by atoms with Gasteiger partial charge in [-0.25, -0.2) is 9.59 Å². The van der Waals surface area contributed by atoms with Crippen LogP contribution in [0, 0.1) is 0 Å². The van der Waals surface area contributed by atoms with E-state index in [0.717, 1.165) is 12.2 Å². The largest absolute Gasteiger partial charge is 0.435 e. The first kappa shape index (κ1) is 14.3. The Morgan fingerprint density at radius 3 is 1.56 bits per heavy atom. The standard InChI is InChI=1S/C10H14O6/c1-3-9(11)15-7-13-5-6-14-8-16-10(12)4-2/h3-4H,1-2,5-8H2. The van der Waals surface area contributed by atoms with Crippen LogP contribution in [-0.2, 0) is 28.5 Å². The molecule has 16 heavy (non-hydrogen) atoms. The lowest BCUT2D eigenvalue weighted by Gasteiger charge is -2.05. The lowest BCUT2D eigenvalue weighted by Crippen LogP contribution is -2.12. The molecular formula is C10H14O6. The first-order valence-corrected chi connectivity index (χ1v) is 4.44. The van der Waals surface area contributed by atoms with Crippen LogP contribution in [0.4, 0.5) is 0 Å². The third-order valence-electron chi connectivity index (χ3n) is 1.27. The minimum atomic E-state index is -0.555. The average Bonchev–Trinajstić information content (AvgIpc) is 2.31. The van der Waals surface area contributed by atoms with E-state index in [9.17, 15) is 9.59 Å². The maximum Gasteiger partial charge on any atom is 0.332 e. The Labute approximate surface area is 93.4 Å². The molecule has 0 radical (unpaired) electrons. The molecular weight excluding hydrogens is 216 g/mol. The summed E-state index contributed by atoms with van der Waals surface area (Å²) in [5.74, 6) is -1.11. The van der Waals surface area contributed by atoms with Gasteiger partial charge in [0.15, 0.2) is 13.6 Å². The zero-order valence-electron chi connectivity index (χ0n) is 8.85. The van der Waals surface area contributed by atoms with Gasteiger partial charge in [0.05, 0.1) is 13.2 Å². The fourth-order valence-corrected chi connectivity index (χ4v) is 0.553. The van der Waals surface area contributed by atoms with Crippen LogP contribution >= 0.6 is 0 Å². The summed E-state index contributed by atoms with van der Waals surface area (Å²) >= 11 is 0. The van der Waals surface area contributed by atoms with Crippen molar-refractivity contribution in [1.82, 2.24) is 0 Å². The van der Waals surface area contributed by atoms with E-state index in [2.05, 4.69) is 22.6 Å². The van der Waals surface area contributed by atoms with Gasteiger partial charge in [-0.05, 0) is 0 Å². The molecule has 0 amide bonds. The topological polar surface area (TPSA) is 71.1 Å². The van der Waals surface area contributed by atoms with Crippen molar-refractivity contribution in [2.24, 2.45) is 0 Å². The Hall–Kier alpha value is -1.66.